The summed E-state index contributed by atoms with van der Waals surface area (Å²) in [6.07, 6.45) is 16.9. The lowest BCUT2D eigenvalue weighted by atomic mass is 9.77. The van der Waals surface area contributed by atoms with Crippen LogP contribution in [0.5, 0.6) is 0 Å². The van der Waals surface area contributed by atoms with E-state index in [0.29, 0.717) is 0 Å². The first kappa shape index (κ1) is 21.7. The fourth-order valence-electron chi connectivity index (χ4n) is 5.96. The van der Waals surface area contributed by atoms with Crippen molar-refractivity contribution in [2.75, 3.05) is 0 Å². The van der Waals surface area contributed by atoms with E-state index < -0.39 is 0 Å². The zero-order valence-electron chi connectivity index (χ0n) is 19.4. The maximum absolute atomic E-state index is 2.41. The lowest BCUT2D eigenvalue weighted by molar-refractivity contribution is 0.303. The van der Waals surface area contributed by atoms with Crippen molar-refractivity contribution in [2.45, 2.75) is 103 Å². The SMILES string of the molecule is CCCCCC1CCC(c2ccc(-c3ccc(C4CCC(C)CC4)cc3)cc2)CC1. The van der Waals surface area contributed by atoms with Gasteiger partial charge in [0.25, 0.3) is 0 Å². The molecule has 0 unspecified atom stereocenters. The van der Waals surface area contributed by atoms with Gasteiger partial charge >= 0.3 is 0 Å². The van der Waals surface area contributed by atoms with E-state index in [-0.39, 0.29) is 0 Å². The third-order valence-corrected chi connectivity index (χ3v) is 8.18. The molecule has 0 radical (unpaired) electrons. The van der Waals surface area contributed by atoms with Gasteiger partial charge < -0.3 is 0 Å². The van der Waals surface area contributed by atoms with E-state index >= 15 is 0 Å². The van der Waals surface area contributed by atoms with Crippen LogP contribution in [0.3, 0.4) is 0 Å². The van der Waals surface area contributed by atoms with Crippen LogP contribution < -0.4 is 0 Å². The molecule has 0 heterocycles. The van der Waals surface area contributed by atoms with Gasteiger partial charge in [-0.25, -0.2) is 0 Å². The molecule has 0 bridgehead atoms. The zero-order valence-corrected chi connectivity index (χ0v) is 19.4. The first-order chi connectivity index (χ1) is 14.7. The zero-order chi connectivity index (χ0) is 20.8. The first-order valence-electron chi connectivity index (χ1n) is 12.9. The molecule has 0 aliphatic heterocycles. The molecule has 0 aromatic heterocycles. The van der Waals surface area contributed by atoms with Crippen molar-refractivity contribution < 1.29 is 0 Å². The summed E-state index contributed by atoms with van der Waals surface area (Å²) in [6, 6.07) is 19.0. The third kappa shape index (κ3) is 5.57. The fraction of sp³-hybridized carbons (Fsp3) is 0.600. The molecule has 2 aliphatic carbocycles. The molecule has 162 valence electrons. The van der Waals surface area contributed by atoms with Gasteiger partial charge in [-0.15, -0.1) is 0 Å². The van der Waals surface area contributed by atoms with Crippen molar-refractivity contribution >= 4 is 0 Å². The Morgan fingerprint density at radius 3 is 1.53 bits per heavy atom. The van der Waals surface area contributed by atoms with E-state index in [9.17, 15) is 0 Å². The van der Waals surface area contributed by atoms with E-state index in [2.05, 4.69) is 62.4 Å². The van der Waals surface area contributed by atoms with Crippen LogP contribution in [0.4, 0.5) is 0 Å². The number of hydrogen-bond donors (Lipinski definition) is 0. The Kier molecular flexibility index (Phi) is 7.69. The minimum Gasteiger partial charge on any atom is -0.0654 e. The van der Waals surface area contributed by atoms with Gasteiger partial charge in [0.15, 0.2) is 0 Å². The molecule has 0 saturated heterocycles. The van der Waals surface area contributed by atoms with Gasteiger partial charge in [0.2, 0.25) is 0 Å². The minimum absolute atomic E-state index is 0.787. The van der Waals surface area contributed by atoms with Crippen LogP contribution in [0.2, 0.25) is 0 Å². The summed E-state index contributed by atoms with van der Waals surface area (Å²) in [6.45, 7) is 4.72. The Labute approximate surface area is 185 Å². The van der Waals surface area contributed by atoms with E-state index in [1.54, 1.807) is 11.1 Å². The largest absolute Gasteiger partial charge is 0.0654 e. The lowest BCUT2D eigenvalue weighted by Crippen LogP contribution is -2.13. The molecule has 0 atom stereocenters. The summed E-state index contributed by atoms with van der Waals surface area (Å²) in [4.78, 5) is 0. The Morgan fingerprint density at radius 1 is 0.600 bits per heavy atom. The number of benzene rings is 2. The van der Waals surface area contributed by atoms with E-state index in [1.165, 1.54) is 88.2 Å². The molecular weight excluding hydrogens is 360 g/mol. The molecule has 0 amide bonds. The standard InChI is InChI=1S/C30H42/c1-3-4-5-6-24-9-13-26(14-10-24)28-17-21-30(22-18-28)29-19-15-27(16-20-29)25-11-7-23(2)8-12-25/h15-26H,3-14H2,1-2H3. The molecule has 2 saturated carbocycles. The first-order valence-corrected chi connectivity index (χ1v) is 12.9. The predicted octanol–water partition coefficient (Wildman–Crippen LogP) is 9.50. The average molecular weight is 403 g/mol. The quantitative estimate of drug-likeness (QED) is 0.404. The molecule has 0 nitrogen and oxygen atoms in total. The Balaban J connectivity index is 1.31. The molecule has 2 aromatic rings. The molecule has 0 N–H and O–H groups in total. The van der Waals surface area contributed by atoms with Crippen LogP contribution in [0.15, 0.2) is 48.5 Å². The molecule has 0 spiro atoms. The highest BCUT2D eigenvalue weighted by Crippen LogP contribution is 2.39. The molecule has 30 heavy (non-hydrogen) atoms. The normalized spacial score (nSPS) is 27.1. The summed E-state index contributed by atoms with van der Waals surface area (Å²) >= 11 is 0. The maximum Gasteiger partial charge on any atom is -0.0162 e. The summed E-state index contributed by atoms with van der Waals surface area (Å²) < 4.78 is 0. The lowest BCUT2D eigenvalue weighted by Gasteiger charge is -2.29. The van der Waals surface area contributed by atoms with Gasteiger partial charge in [-0.1, -0.05) is 101 Å². The summed E-state index contributed by atoms with van der Waals surface area (Å²) in [7, 11) is 0. The second kappa shape index (κ2) is 10.7. The van der Waals surface area contributed by atoms with Crippen molar-refractivity contribution in [2.24, 2.45) is 11.8 Å². The smallest absolute Gasteiger partial charge is 0.0162 e. The van der Waals surface area contributed by atoms with Crippen molar-refractivity contribution in [3.8, 4) is 11.1 Å². The Hall–Kier alpha value is -1.56. The fourth-order valence-corrected chi connectivity index (χ4v) is 5.96. The van der Waals surface area contributed by atoms with Gasteiger partial charge in [0, 0.05) is 0 Å². The Bertz CT molecular complexity index is 738. The predicted molar refractivity (Wildman–Crippen MR) is 131 cm³/mol. The van der Waals surface area contributed by atoms with Crippen molar-refractivity contribution in [1.29, 1.82) is 0 Å². The van der Waals surface area contributed by atoms with Gasteiger partial charge in [-0.3, -0.25) is 0 Å². The summed E-state index contributed by atoms with van der Waals surface area (Å²) in [5.41, 5.74) is 5.86. The van der Waals surface area contributed by atoms with Gasteiger partial charge in [0.05, 0.1) is 0 Å². The average Bonchev–Trinajstić information content (AvgIpc) is 2.81. The molecule has 2 aliphatic rings. The summed E-state index contributed by atoms with van der Waals surface area (Å²) in [5.74, 6) is 3.50. The van der Waals surface area contributed by atoms with E-state index in [4.69, 9.17) is 0 Å². The Morgan fingerprint density at radius 2 is 1.07 bits per heavy atom. The molecular formula is C30H42. The number of rotatable bonds is 7. The highest BCUT2D eigenvalue weighted by Gasteiger charge is 2.22. The second-order valence-electron chi connectivity index (χ2n) is 10.4. The second-order valence-corrected chi connectivity index (χ2v) is 10.4. The maximum atomic E-state index is 2.41. The van der Waals surface area contributed by atoms with Crippen molar-refractivity contribution in [3.63, 3.8) is 0 Å². The van der Waals surface area contributed by atoms with Gasteiger partial charge in [-0.2, -0.15) is 0 Å². The molecule has 2 fully saturated rings. The highest BCUT2D eigenvalue weighted by molar-refractivity contribution is 5.64. The van der Waals surface area contributed by atoms with Crippen LogP contribution in [-0.2, 0) is 0 Å². The number of unbranched alkanes of at least 4 members (excludes halogenated alkanes) is 2. The van der Waals surface area contributed by atoms with E-state index in [0.717, 1.165) is 23.7 Å². The third-order valence-electron chi connectivity index (χ3n) is 8.18. The van der Waals surface area contributed by atoms with Crippen molar-refractivity contribution in [1.82, 2.24) is 0 Å². The molecule has 4 rings (SSSR count). The topological polar surface area (TPSA) is 0 Å². The van der Waals surface area contributed by atoms with Crippen LogP contribution in [0.25, 0.3) is 11.1 Å². The van der Waals surface area contributed by atoms with Gasteiger partial charge in [0.1, 0.15) is 0 Å². The van der Waals surface area contributed by atoms with Crippen LogP contribution in [0, 0.1) is 11.8 Å². The highest BCUT2D eigenvalue weighted by atomic mass is 14.3. The van der Waals surface area contributed by atoms with Gasteiger partial charge in [-0.05, 0) is 84.5 Å². The monoisotopic (exact) mass is 402 g/mol. The van der Waals surface area contributed by atoms with E-state index in [1.807, 2.05) is 0 Å². The minimum atomic E-state index is 0.787. The van der Waals surface area contributed by atoms with Crippen LogP contribution >= 0.6 is 0 Å². The summed E-state index contributed by atoms with van der Waals surface area (Å²) in [5, 5.41) is 0. The van der Waals surface area contributed by atoms with Crippen LogP contribution in [0.1, 0.15) is 114 Å². The number of hydrogen-bond acceptors (Lipinski definition) is 0. The van der Waals surface area contributed by atoms with Crippen molar-refractivity contribution in [3.05, 3.63) is 59.7 Å². The molecule has 2 aromatic carbocycles. The van der Waals surface area contributed by atoms with Crippen LogP contribution in [-0.4, -0.2) is 0 Å². The molecule has 0 heteroatoms.